The topological polar surface area (TPSA) is 51.6 Å². The number of pyridine rings is 1. The second kappa shape index (κ2) is 8.93. The maximum atomic E-state index is 14.8. The molecule has 0 aliphatic rings. The number of rotatable bonds is 6. The minimum absolute atomic E-state index is 0.00752. The fraction of sp³-hybridized carbons (Fsp3) is 0.500. The molecule has 0 atom stereocenters. The zero-order chi connectivity index (χ0) is 21.1. The summed E-state index contributed by atoms with van der Waals surface area (Å²) >= 11 is 0. The molecule has 0 saturated carbocycles. The van der Waals surface area contributed by atoms with Crippen LogP contribution in [0, 0.1) is 17.3 Å². The number of nitrogens with zero attached hydrogens (tertiary/aromatic N) is 1. The third-order valence-electron chi connectivity index (χ3n) is 5.47. The van der Waals surface area contributed by atoms with Gasteiger partial charge in [-0.25, -0.2) is 4.39 Å². The first-order chi connectivity index (χ1) is 13.1. The SMILES string of the molecule is COCOc1cc(O)cc2ncc(F)c(C#C[Si](C(C)C)(C(C)C)C(C)C)c12. The standard InChI is InChI=1S/C22H30FNO3Si/c1-14(2)28(15(3)4,16(5)6)9-8-18-19(23)12-24-20-10-17(25)11-21(22(18)20)27-13-26-7/h10-12,14-16,25H,13H2,1-7H3. The van der Waals surface area contributed by atoms with E-state index in [-0.39, 0.29) is 18.1 Å². The van der Waals surface area contributed by atoms with Gasteiger partial charge < -0.3 is 14.6 Å². The molecule has 0 spiro atoms. The Morgan fingerprint density at radius 3 is 2.25 bits per heavy atom. The van der Waals surface area contributed by atoms with Crippen molar-refractivity contribution in [1.82, 2.24) is 4.98 Å². The van der Waals surface area contributed by atoms with Crippen LogP contribution in [0.2, 0.25) is 16.6 Å². The third-order valence-corrected chi connectivity index (χ3v) is 11.8. The third kappa shape index (κ3) is 4.16. The number of aromatic hydroxyl groups is 1. The highest BCUT2D eigenvalue weighted by atomic mass is 28.3. The average molecular weight is 404 g/mol. The highest BCUT2D eigenvalue weighted by molar-refractivity contribution is 6.90. The first-order valence-electron chi connectivity index (χ1n) is 9.61. The predicted molar refractivity (Wildman–Crippen MR) is 114 cm³/mol. The van der Waals surface area contributed by atoms with E-state index in [2.05, 4.69) is 58.0 Å². The monoisotopic (exact) mass is 403 g/mol. The molecule has 0 aliphatic heterocycles. The molecule has 0 bridgehead atoms. The zero-order valence-electron chi connectivity index (χ0n) is 17.8. The molecule has 0 unspecified atom stereocenters. The molecule has 1 aromatic heterocycles. The number of aromatic nitrogens is 1. The number of methoxy groups -OCH3 is 1. The van der Waals surface area contributed by atoms with Crippen molar-refractivity contribution in [3.05, 3.63) is 29.7 Å². The van der Waals surface area contributed by atoms with Crippen LogP contribution in [0.1, 0.15) is 47.1 Å². The quantitative estimate of drug-likeness (QED) is 0.386. The van der Waals surface area contributed by atoms with Crippen molar-refractivity contribution in [2.24, 2.45) is 0 Å². The molecule has 0 fully saturated rings. The van der Waals surface area contributed by atoms with E-state index in [0.717, 1.165) is 6.20 Å². The summed E-state index contributed by atoms with van der Waals surface area (Å²) in [6.07, 6.45) is 1.15. The molecule has 0 radical (unpaired) electrons. The minimum Gasteiger partial charge on any atom is -0.508 e. The number of fused-ring (bicyclic) bond motifs is 1. The minimum atomic E-state index is -2.04. The van der Waals surface area contributed by atoms with E-state index in [1.807, 2.05) is 0 Å². The van der Waals surface area contributed by atoms with E-state index in [4.69, 9.17) is 9.47 Å². The van der Waals surface area contributed by atoms with Gasteiger partial charge in [0.1, 0.15) is 19.6 Å². The van der Waals surface area contributed by atoms with Crippen molar-refractivity contribution in [2.75, 3.05) is 13.9 Å². The van der Waals surface area contributed by atoms with Crippen LogP contribution in [0.25, 0.3) is 10.9 Å². The molecule has 4 nitrogen and oxygen atoms in total. The van der Waals surface area contributed by atoms with Gasteiger partial charge in [0.05, 0.1) is 22.7 Å². The zero-order valence-corrected chi connectivity index (χ0v) is 18.8. The molecule has 1 N–H and O–H groups in total. The van der Waals surface area contributed by atoms with Gasteiger partial charge in [-0.3, -0.25) is 4.98 Å². The smallest absolute Gasteiger partial charge is 0.188 e. The molecule has 6 heteroatoms. The van der Waals surface area contributed by atoms with Gasteiger partial charge in [0, 0.05) is 19.2 Å². The van der Waals surface area contributed by atoms with Crippen LogP contribution >= 0.6 is 0 Å². The Balaban J connectivity index is 2.78. The normalized spacial score (nSPS) is 12.0. The first kappa shape index (κ1) is 22.2. The number of hydrogen-bond acceptors (Lipinski definition) is 4. The van der Waals surface area contributed by atoms with Crippen molar-refractivity contribution in [1.29, 1.82) is 0 Å². The van der Waals surface area contributed by atoms with Gasteiger partial charge in [-0.1, -0.05) is 47.5 Å². The Morgan fingerprint density at radius 1 is 1.11 bits per heavy atom. The van der Waals surface area contributed by atoms with Gasteiger partial charge in [-0.05, 0) is 16.6 Å². The lowest BCUT2D eigenvalue weighted by Gasteiger charge is -2.38. The van der Waals surface area contributed by atoms with Crippen molar-refractivity contribution in [3.8, 4) is 23.0 Å². The summed E-state index contributed by atoms with van der Waals surface area (Å²) in [6.45, 7) is 13.3. The van der Waals surface area contributed by atoms with E-state index < -0.39 is 13.9 Å². The van der Waals surface area contributed by atoms with Crippen LogP contribution in [0.3, 0.4) is 0 Å². The maximum absolute atomic E-state index is 14.8. The summed E-state index contributed by atoms with van der Waals surface area (Å²) < 4.78 is 25.3. The lowest BCUT2D eigenvalue weighted by atomic mass is 10.1. The molecule has 0 aliphatic carbocycles. The van der Waals surface area contributed by atoms with Gasteiger partial charge >= 0.3 is 0 Å². The molecule has 28 heavy (non-hydrogen) atoms. The lowest BCUT2D eigenvalue weighted by Crippen LogP contribution is -2.43. The number of hydrogen-bond donors (Lipinski definition) is 1. The van der Waals surface area contributed by atoms with Crippen LogP contribution < -0.4 is 4.74 Å². The maximum Gasteiger partial charge on any atom is 0.188 e. The summed E-state index contributed by atoms with van der Waals surface area (Å²) in [5.74, 6) is 2.98. The van der Waals surface area contributed by atoms with Gasteiger partial charge in [0.2, 0.25) is 0 Å². The van der Waals surface area contributed by atoms with Gasteiger partial charge in [0.15, 0.2) is 12.6 Å². The van der Waals surface area contributed by atoms with Gasteiger partial charge in [0.25, 0.3) is 0 Å². The largest absolute Gasteiger partial charge is 0.508 e. The number of benzene rings is 1. The van der Waals surface area contributed by atoms with Crippen molar-refractivity contribution < 1.29 is 19.0 Å². The number of ether oxygens (including phenoxy) is 2. The first-order valence-corrected chi connectivity index (χ1v) is 11.8. The van der Waals surface area contributed by atoms with Gasteiger partial charge in [-0.2, -0.15) is 0 Å². The van der Waals surface area contributed by atoms with E-state index in [1.165, 1.54) is 19.2 Å². The number of phenolic OH excluding ortho intramolecular Hbond substituents is 1. The lowest BCUT2D eigenvalue weighted by molar-refractivity contribution is 0.0521. The van der Waals surface area contributed by atoms with Crippen LogP contribution in [-0.4, -0.2) is 32.1 Å². The van der Waals surface area contributed by atoms with Crippen LogP contribution in [0.5, 0.6) is 11.5 Å². The molecular weight excluding hydrogens is 373 g/mol. The molecule has 0 saturated heterocycles. The van der Waals surface area contributed by atoms with Crippen molar-refractivity contribution in [2.45, 2.75) is 58.2 Å². The Labute approximate surface area is 168 Å². The van der Waals surface area contributed by atoms with Gasteiger partial charge in [-0.15, -0.1) is 5.54 Å². The molecule has 1 aromatic carbocycles. The second-order valence-corrected chi connectivity index (χ2v) is 13.6. The summed E-state index contributed by atoms with van der Waals surface area (Å²) in [4.78, 5) is 4.11. The Kier molecular flexibility index (Phi) is 7.08. The molecule has 152 valence electrons. The fourth-order valence-corrected chi connectivity index (χ4v) is 9.42. The molecule has 0 amide bonds. The molecule has 2 rings (SSSR count). The second-order valence-electron chi connectivity index (χ2n) is 8.02. The fourth-order valence-electron chi connectivity index (χ4n) is 4.21. The number of halogens is 1. The average Bonchev–Trinajstić information content (AvgIpc) is 2.60. The molecular formula is C22H30FNO3Si. The van der Waals surface area contributed by atoms with E-state index in [1.54, 1.807) is 0 Å². The van der Waals surface area contributed by atoms with Crippen LogP contribution in [0.4, 0.5) is 4.39 Å². The summed E-state index contributed by atoms with van der Waals surface area (Å²) in [6, 6.07) is 2.92. The highest BCUT2D eigenvalue weighted by Crippen LogP contribution is 2.41. The molecule has 2 aromatic rings. The predicted octanol–water partition coefficient (Wildman–Crippen LogP) is 5.63. The Morgan fingerprint density at radius 2 is 1.71 bits per heavy atom. The summed E-state index contributed by atoms with van der Waals surface area (Å²) in [5.41, 5.74) is 5.55. The van der Waals surface area contributed by atoms with Crippen molar-refractivity contribution in [3.63, 3.8) is 0 Å². The van der Waals surface area contributed by atoms with Crippen LogP contribution in [-0.2, 0) is 4.74 Å². The van der Waals surface area contributed by atoms with Crippen LogP contribution in [0.15, 0.2) is 18.3 Å². The molecule has 1 heterocycles. The summed E-state index contributed by atoms with van der Waals surface area (Å²) in [5, 5.41) is 10.4. The highest BCUT2D eigenvalue weighted by Gasteiger charge is 2.41. The van der Waals surface area contributed by atoms with E-state index in [9.17, 15) is 9.50 Å². The number of phenols is 1. The Hall–Kier alpha value is -2.10. The van der Waals surface area contributed by atoms with E-state index in [0.29, 0.717) is 33.3 Å². The van der Waals surface area contributed by atoms with Crippen molar-refractivity contribution >= 4 is 19.0 Å². The Bertz CT molecular complexity index is 878. The van der Waals surface area contributed by atoms with E-state index >= 15 is 0 Å². The summed E-state index contributed by atoms with van der Waals surface area (Å²) in [7, 11) is -0.539.